The summed E-state index contributed by atoms with van der Waals surface area (Å²) in [7, 11) is 0. The summed E-state index contributed by atoms with van der Waals surface area (Å²) in [6.07, 6.45) is 9.04. The minimum atomic E-state index is 1.02. The molecule has 2 heteroatoms. The topological polar surface area (TPSA) is 28.7 Å². The van der Waals surface area contributed by atoms with E-state index in [0.717, 1.165) is 5.65 Å². The summed E-state index contributed by atoms with van der Waals surface area (Å²) in [5, 5.41) is 1.30. The highest BCUT2D eigenvalue weighted by molar-refractivity contribution is 5.80. The van der Waals surface area contributed by atoms with Crippen LogP contribution in [0.2, 0.25) is 0 Å². The Balaban J connectivity index is 2.23. The van der Waals surface area contributed by atoms with Crippen molar-refractivity contribution in [2.24, 2.45) is 0 Å². The van der Waals surface area contributed by atoms with E-state index in [9.17, 15) is 0 Å². The van der Waals surface area contributed by atoms with E-state index in [0.29, 0.717) is 0 Å². The van der Waals surface area contributed by atoms with E-state index in [1.165, 1.54) is 42.2 Å². The van der Waals surface area contributed by atoms with E-state index in [-0.39, 0.29) is 0 Å². The van der Waals surface area contributed by atoms with E-state index < -0.39 is 0 Å². The van der Waals surface area contributed by atoms with Gasteiger partial charge in [0.2, 0.25) is 0 Å². The number of hydrogen-bond acceptors (Lipinski definition) is 1. The summed E-state index contributed by atoms with van der Waals surface area (Å²) >= 11 is 0. The molecule has 0 aliphatic heterocycles. The van der Waals surface area contributed by atoms with Gasteiger partial charge in [0.15, 0.2) is 0 Å². The smallest absolute Gasteiger partial charge is 0.137 e. The Bertz CT molecular complexity index is 443. The van der Waals surface area contributed by atoms with Crippen molar-refractivity contribution < 1.29 is 0 Å². The second-order valence-electron chi connectivity index (χ2n) is 4.18. The van der Waals surface area contributed by atoms with Gasteiger partial charge in [0.25, 0.3) is 0 Å². The molecule has 2 aromatic rings. The molecule has 0 fully saturated rings. The predicted octanol–water partition coefficient (Wildman–Crippen LogP) is 3.60. The van der Waals surface area contributed by atoms with Gasteiger partial charge in [-0.2, -0.15) is 0 Å². The summed E-state index contributed by atoms with van der Waals surface area (Å²) in [6.45, 7) is 4.33. The Morgan fingerprint density at radius 1 is 1.33 bits per heavy atom. The maximum Gasteiger partial charge on any atom is 0.137 e. The second-order valence-corrected chi connectivity index (χ2v) is 4.18. The summed E-state index contributed by atoms with van der Waals surface area (Å²) < 4.78 is 0. The summed E-state index contributed by atoms with van der Waals surface area (Å²) in [5.74, 6) is 0. The third-order valence-electron chi connectivity index (χ3n) is 2.80. The average molecular weight is 202 g/mol. The monoisotopic (exact) mass is 202 g/mol. The lowest BCUT2D eigenvalue weighted by Gasteiger charge is -1.98. The van der Waals surface area contributed by atoms with Gasteiger partial charge in [-0.25, -0.2) is 4.98 Å². The van der Waals surface area contributed by atoms with Crippen LogP contribution in [0.5, 0.6) is 0 Å². The molecule has 0 unspecified atom stereocenters. The van der Waals surface area contributed by atoms with Crippen molar-refractivity contribution in [3.05, 3.63) is 29.6 Å². The van der Waals surface area contributed by atoms with E-state index in [4.69, 9.17) is 0 Å². The first-order chi connectivity index (χ1) is 7.31. The molecular formula is C13H18N2. The highest BCUT2D eigenvalue weighted by atomic mass is 14.8. The number of rotatable bonds is 4. The van der Waals surface area contributed by atoms with Crippen molar-refractivity contribution in [2.75, 3.05) is 0 Å². The quantitative estimate of drug-likeness (QED) is 0.754. The largest absolute Gasteiger partial charge is 0.346 e. The number of pyridine rings is 1. The Morgan fingerprint density at radius 3 is 3.00 bits per heavy atom. The zero-order chi connectivity index (χ0) is 10.7. The van der Waals surface area contributed by atoms with Gasteiger partial charge in [-0.3, -0.25) is 0 Å². The van der Waals surface area contributed by atoms with Crippen LogP contribution < -0.4 is 0 Å². The standard InChI is InChI=1S/C13H18N2/c1-3-4-5-6-11-9-15-13-12(11)7-10(2)8-14-13/h7-9H,3-6H2,1-2H3,(H,14,15). The predicted molar refractivity (Wildman–Crippen MR) is 64.1 cm³/mol. The number of nitrogens with one attached hydrogen (secondary N) is 1. The van der Waals surface area contributed by atoms with Crippen LogP contribution in [0.15, 0.2) is 18.5 Å². The molecule has 2 nitrogen and oxygen atoms in total. The Morgan fingerprint density at radius 2 is 2.20 bits per heavy atom. The zero-order valence-electron chi connectivity index (χ0n) is 9.51. The Hall–Kier alpha value is -1.31. The SMILES string of the molecule is CCCCCc1c[nH]c2ncc(C)cc12. The van der Waals surface area contributed by atoms with Crippen LogP contribution in [0.25, 0.3) is 11.0 Å². The first kappa shape index (κ1) is 10.2. The van der Waals surface area contributed by atoms with E-state index >= 15 is 0 Å². The van der Waals surface area contributed by atoms with Crippen LogP contribution in [-0.4, -0.2) is 9.97 Å². The zero-order valence-corrected chi connectivity index (χ0v) is 9.51. The third kappa shape index (κ3) is 2.20. The van der Waals surface area contributed by atoms with Crippen molar-refractivity contribution >= 4 is 11.0 Å². The molecule has 0 aliphatic rings. The molecule has 80 valence electrons. The number of nitrogens with zero attached hydrogens (tertiary/aromatic N) is 1. The molecule has 0 spiro atoms. The van der Waals surface area contributed by atoms with E-state index in [1.807, 2.05) is 6.20 Å². The Labute approximate surface area is 90.7 Å². The number of hydrogen-bond donors (Lipinski definition) is 1. The van der Waals surface area contributed by atoms with Gasteiger partial charge in [0, 0.05) is 17.8 Å². The van der Waals surface area contributed by atoms with Crippen LogP contribution in [0.3, 0.4) is 0 Å². The minimum absolute atomic E-state index is 1.02. The average Bonchev–Trinajstić information content (AvgIpc) is 2.62. The van der Waals surface area contributed by atoms with Gasteiger partial charge in [0.05, 0.1) is 0 Å². The molecule has 0 aliphatic carbocycles. The molecule has 0 saturated carbocycles. The minimum Gasteiger partial charge on any atom is -0.346 e. The first-order valence-electron chi connectivity index (χ1n) is 5.74. The summed E-state index contributed by atoms with van der Waals surface area (Å²) in [6, 6.07) is 2.22. The normalized spacial score (nSPS) is 11.1. The fraction of sp³-hybridized carbons (Fsp3) is 0.462. The summed E-state index contributed by atoms with van der Waals surface area (Å²) in [5.41, 5.74) is 3.67. The fourth-order valence-electron chi connectivity index (χ4n) is 1.93. The number of H-pyrrole nitrogens is 1. The molecule has 0 radical (unpaired) electrons. The lowest BCUT2D eigenvalue weighted by atomic mass is 10.1. The van der Waals surface area contributed by atoms with E-state index in [2.05, 4.69) is 36.1 Å². The lowest BCUT2D eigenvalue weighted by Crippen LogP contribution is -1.84. The molecular weight excluding hydrogens is 184 g/mol. The lowest BCUT2D eigenvalue weighted by molar-refractivity contribution is 0.719. The third-order valence-corrected chi connectivity index (χ3v) is 2.80. The van der Waals surface area contributed by atoms with Crippen LogP contribution in [0.4, 0.5) is 0 Å². The number of unbranched alkanes of at least 4 members (excludes halogenated alkanes) is 2. The van der Waals surface area contributed by atoms with Crippen molar-refractivity contribution in [3.63, 3.8) is 0 Å². The van der Waals surface area contributed by atoms with Gasteiger partial charge in [-0.15, -0.1) is 0 Å². The fourth-order valence-corrected chi connectivity index (χ4v) is 1.93. The number of aryl methyl sites for hydroxylation is 2. The van der Waals surface area contributed by atoms with Crippen molar-refractivity contribution in [3.8, 4) is 0 Å². The van der Waals surface area contributed by atoms with Gasteiger partial charge in [0.1, 0.15) is 5.65 Å². The van der Waals surface area contributed by atoms with Gasteiger partial charge in [-0.1, -0.05) is 19.8 Å². The van der Waals surface area contributed by atoms with Crippen LogP contribution in [0.1, 0.15) is 37.3 Å². The molecule has 0 atom stereocenters. The number of aromatic amines is 1. The Kier molecular flexibility index (Phi) is 3.05. The molecule has 2 heterocycles. The molecule has 2 aromatic heterocycles. The second kappa shape index (κ2) is 4.47. The number of fused-ring (bicyclic) bond motifs is 1. The van der Waals surface area contributed by atoms with Gasteiger partial charge >= 0.3 is 0 Å². The molecule has 0 bridgehead atoms. The van der Waals surface area contributed by atoms with E-state index in [1.54, 1.807) is 0 Å². The molecule has 0 amide bonds. The molecule has 2 rings (SSSR count). The van der Waals surface area contributed by atoms with Crippen molar-refractivity contribution in [1.29, 1.82) is 0 Å². The summed E-state index contributed by atoms with van der Waals surface area (Å²) in [4.78, 5) is 7.61. The van der Waals surface area contributed by atoms with Crippen LogP contribution >= 0.6 is 0 Å². The molecule has 0 aromatic carbocycles. The highest BCUT2D eigenvalue weighted by Crippen LogP contribution is 2.19. The first-order valence-corrected chi connectivity index (χ1v) is 5.74. The van der Waals surface area contributed by atoms with Crippen molar-refractivity contribution in [1.82, 2.24) is 9.97 Å². The maximum atomic E-state index is 4.37. The highest BCUT2D eigenvalue weighted by Gasteiger charge is 2.03. The molecule has 1 N–H and O–H groups in total. The van der Waals surface area contributed by atoms with Crippen LogP contribution in [-0.2, 0) is 6.42 Å². The number of aromatic nitrogens is 2. The van der Waals surface area contributed by atoms with Gasteiger partial charge in [-0.05, 0) is 37.0 Å². The molecule has 0 saturated heterocycles. The maximum absolute atomic E-state index is 4.37. The van der Waals surface area contributed by atoms with Gasteiger partial charge < -0.3 is 4.98 Å². The van der Waals surface area contributed by atoms with Crippen LogP contribution in [0, 0.1) is 6.92 Å². The molecule has 15 heavy (non-hydrogen) atoms. The van der Waals surface area contributed by atoms with Crippen molar-refractivity contribution in [2.45, 2.75) is 39.5 Å².